The number of rotatable bonds is 8. The van der Waals surface area contributed by atoms with E-state index in [1.54, 1.807) is 6.07 Å². The fourth-order valence-electron chi connectivity index (χ4n) is 1.89. The Morgan fingerprint density at radius 3 is 2.95 bits per heavy atom. The molecule has 6 heteroatoms. The smallest absolute Gasteiger partial charge is 0.226 e. The van der Waals surface area contributed by atoms with Gasteiger partial charge in [0.15, 0.2) is 6.61 Å². The zero-order chi connectivity index (χ0) is 15.1. The highest BCUT2D eigenvalue weighted by Crippen LogP contribution is 2.20. The number of ether oxygens (including phenoxy) is 1. The maximum Gasteiger partial charge on any atom is 0.226 e. The molecule has 0 amide bonds. The van der Waals surface area contributed by atoms with Crippen molar-refractivity contribution in [2.45, 2.75) is 39.8 Å². The van der Waals surface area contributed by atoms with Gasteiger partial charge in [0.2, 0.25) is 11.7 Å². The van der Waals surface area contributed by atoms with Gasteiger partial charge in [0, 0.05) is 18.5 Å². The van der Waals surface area contributed by atoms with Crippen LogP contribution in [0.4, 0.5) is 4.39 Å². The molecule has 5 nitrogen and oxygen atoms in total. The topological polar surface area (TPSA) is 60.2 Å². The molecular formula is C15H20FN3O2. The SMILES string of the molecule is CCCc1nc(COc2ccc(F)cc2CNCC)no1. The molecule has 21 heavy (non-hydrogen) atoms. The third kappa shape index (κ3) is 4.53. The molecule has 0 saturated heterocycles. The molecule has 2 rings (SSSR count). The summed E-state index contributed by atoms with van der Waals surface area (Å²) in [7, 11) is 0. The van der Waals surface area contributed by atoms with Crippen LogP contribution in [0.15, 0.2) is 22.7 Å². The molecule has 1 aromatic carbocycles. The Balaban J connectivity index is 2.00. The molecule has 0 atom stereocenters. The minimum absolute atomic E-state index is 0.206. The van der Waals surface area contributed by atoms with Crippen LogP contribution >= 0.6 is 0 Å². The number of hydrogen-bond donors (Lipinski definition) is 1. The highest BCUT2D eigenvalue weighted by atomic mass is 19.1. The summed E-state index contributed by atoms with van der Waals surface area (Å²) in [5.41, 5.74) is 0.772. The van der Waals surface area contributed by atoms with E-state index in [-0.39, 0.29) is 12.4 Å². The monoisotopic (exact) mass is 293 g/mol. The lowest BCUT2D eigenvalue weighted by atomic mass is 10.2. The second-order valence-electron chi connectivity index (χ2n) is 4.68. The van der Waals surface area contributed by atoms with Crippen LogP contribution in [0.3, 0.4) is 0 Å². The quantitative estimate of drug-likeness (QED) is 0.811. The second-order valence-corrected chi connectivity index (χ2v) is 4.68. The summed E-state index contributed by atoms with van der Waals surface area (Å²) in [5, 5.41) is 7.01. The van der Waals surface area contributed by atoms with Crippen molar-refractivity contribution in [2.75, 3.05) is 6.54 Å². The largest absolute Gasteiger partial charge is 0.485 e. The first-order valence-electron chi connectivity index (χ1n) is 7.16. The molecular weight excluding hydrogens is 273 g/mol. The highest BCUT2D eigenvalue weighted by molar-refractivity contribution is 5.34. The van der Waals surface area contributed by atoms with Crippen molar-refractivity contribution in [2.24, 2.45) is 0 Å². The molecule has 1 aromatic heterocycles. The number of nitrogens with one attached hydrogen (secondary N) is 1. The standard InChI is InChI=1S/C15H20FN3O2/c1-3-5-15-18-14(19-21-15)10-20-13-7-6-12(16)8-11(13)9-17-4-2/h6-8,17H,3-5,9-10H2,1-2H3. The lowest BCUT2D eigenvalue weighted by Gasteiger charge is -2.10. The fourth-order valence-corrected chi connectivity index (χ4v) is 1.89. The van der Waals surface area contributed by atoms with E-state index in [0.717, 1.165) is 24.9 Å². The molecule has 0 aliphatic heterocycles. The highest BCUT2D eigenvalue weighted by Gasteiger charge is 2.09. The third-order valence-electron chi connectivity index (χ3n) is 2.92. The van der Waals surface area contributed by atoms with Crippen molar-refractivity contribution in [1.29, 1.82) is 0 Å². The van der Waals surface area contributed by atoms with Crippen LogP contribution in [0.25, 0.3) is 0 Å². The second kappa shape index (κ2) is 7.73. The van der Waals surface area contributed by atoms with Gasteiger partial charge in [-0.3, -0.25) is 0 Å². The van der Waals surface area contributed by atoms with Crippen molar-refractivity contribution < 1.29 is 13.7 Å². The van der Waals surface area contributed by atoms with E-state index in [2.05, 4.69) is 15.5 Å². The van der Waals surface area contributed by atoms with Crippen LogP contribution in [0.2, 0.25) is 0 Å². The fraction of sp³-hybridized carbons (Fsp3) is 0.467. The summed E-state index contributed by atoms with van der Waals surface area (Å²) in [4.78, 5) is 4.23. The predicted molar refractivity (Wildman–Crippen MR) is 76.4 cm³/mol. The average molecular weight is 293 g/mol. The molecule has 1 N–H and O–H groups in total. The van der Waals surface area contributed by atoms with E-state index in [1.807, 2.05) is 13.8 Å². The van der Waals surface area contributed by atoms with Crippen LogP contribution in [0, 0.1) is 5.82 Å². The first kappa shape index (κ1) is 15.4. The van der Waals surface area contributed by atoms with Gasteiger partial charge in [0.1, 0.15) is 11.6 Å². The molecule has 0 unspecified atom stereocenters. The first-order chi connectivity index (χ1) is 10.2. The van der Waals surface area contributed by atoms with Gasteiger partial charge in [-0.15, -0.1) is 0 Å². The number of aromatic nitrogens is 2. The molecule has 0 aliphatic carbocycles. The number of aryl methyl sites for hydroxylation is 1. The van der Waals surface area contributed by atoms with Crippen LogP contribution in [0.1, 0.15) is 37.5 Å². The zero-order valence-electron chi connectivity index (χ0n) is 12.4. The van der Waals surface area contributed by atoms with Crippen LogP contribution < -0.4 is 10.1 Å². The molecule has 2 aromatic rings. The van der Waals surface area contributed by atoms with E-state index < -0.39 is 0 Å². The molecule has 0 fully saturated rings. The van der Waals surface area contributed by atoms with Crippen molar-refractivity contribution in [3.05, 3.63) is 41.3 Å². The Labute approximate surface area is 123 Å². The average Bonchev–Trinajstić information content (AvgIpc) is 2.92. The molecule has 0 saturated carbocycles. The molecule has 0 aliphatic rings. The van der Waals surface area contributed by atoms with Crippen molar-refractivity contribution >= 4 is 0 Å². The maximum atomic E-state index is 13.3. The normalized spacial score (nSPS) is 10.8. The van der Waals surface area contributed by atoms with Gasteiger partial charge in [0.25, 0.3) is 0 Å². The van der Waals surface area contributed by atoms with Gasteiger partial charge in [0.05, 0.1) is 0 Å². The Morgan fingerprint density at radius 2 is 2.19 bits per heavy atom. The summed E-state index contributed by atoms with van der Waals surface area (Å²) >= 11 is 0. The van der Waals surface area contributed by atoms with Crippen molar-refractivity contribution in [1.82, 2.24) is 15.5 Å². The Hall–Kier alpha value is -1.95. The molecule has 114 valence electrons. The number of benzene rings is 1. The Kier molecular flexibility index (Phi) is 5.68. The first-order valence-corrected chi connectivity index (χ1v) is 7.16. The van der Waals surface area contributed by atoms with Crippen molar-refractivity contribution in [3.8, 4) is 5.75 Å². The molecule has 0 bridgehead atoms. The Bertz CT molecular complexity index is 572. The Morgan fingerprint density at radius 1 is 1.33 bits per heavy atom. The van der Waals surface area contributed by atoms with E-state index >= 15 is 0 Å². The van der Waals surface area contributed by atoms with Gasteiger partial charge in [-0.25, -0.2) is 4.39 Å². The van der Waals surface area contributed by atoms with Gasteiger partial charge in [-0.2, -0.15) is 4.98 Å². The molecule has 0 spiro atoms. The minimum atomic E-state index is -0.278. The third-order valence-corrected chi connectivity index (χ3v) is 2.92. The van der Waals surface area contributed by atoms with E-state index in [1.165, 1.54) is 12.1 Å². The lowest BCUT2D eigenvalue weighted by molar-refractivity contribution is 0.281. The van der Waals surface area contributed by atoms with Gasteiger partial charge < -0.3 is 14.6 Å². The van der Waals surface area contributed by atoms with Crippen LogP contribution in [-0.2, 0) is 19.6 Å². The number of hydrogen-bond acceptors (Lipinski definition) is 5. The van der Waals surface area contributed by atoms with Crippen molar-refractivity contribution in [3.63, 3.8) is 0 Å². The van der Waals surface area contributed by atoms with E-state index in [4.69, 9.17) is 9.26 Å². The van der Waals surface area contributed by atoms with Gasteiger partial charge >= 0.3 is 0 Å². The zero-order valence-corrected chi connectivity index (χ0v) is 12.4. The van der Waals surface area contributed by atoms with E-state index in [9.17, 15) is 4.39 Å². The lowest BCUT2D eigenvalue weighted by Crippen LogP contribution is -2.13. The number of nitrogens with zero attached hydrogens (tertiary/aromatic N) is 2. The summed E-state index contributed by atoms with van der Waals surface area (Å²) in [5.74, 6) is 1.46. The van der Waals surface area contributed by atoms with Crippen LogP contribution in [-0.4, -0.2) is 16.7 Å². The summed E-state index contributed by atoms with van der Waals surface area (Å²) in [6.45, 7) is 5.61. The summed E-state index contributed by atoms with van der Waals surface area (Å²) < 4.78 is 24.1. The predicted octanol–water partition coefficient (Wildman–Crippen LogP) is 2.85. The molecule has 1 heterocycles. The summed E-state index contributed by atoms with van der Waals surface area (Å²) in [6, 6.07) is 4.47. The van der Waals surface area contributed by atoms with Gasteiger partial charge in [-0.1, -0.05) is 19.0 Å². The minimum Gasteiger partial charge on any atom is -0.485 e. The van der Waals surface area contributed by atoms with Gasteiger partial charge in [-0.05, 0) is 31.2 Å². The molecule has 0 radical (unpaired) electrons. The van der Waals surface area contributed by atoms with E-state index in [0.29, 0.717) is 24.0 Å². The summed E-state index contributed by atoms with van der Waals surface area (Å²) in [6.07, 6.45) is 1.71. The maximum absolute atomic E-state index is 13.3. The van der Waals surface area contributed by atoms with Crippen LogP contribution in [0.5, 0.6) is 5.75 Å². The number of halogens is 1.